The number of Topliss-reactive ketones (excluding diaryl/α,β-unsaturated/α-hetero) is 1. The summed E-state index contributed by atoms with van der Waals surface area (Å²) in [5.41, 5.74) is 2.43. The third kappa shape index (κ3) is 5.30. The van der Waals surface area contributed by atoms with E-state index < -0.39 is 0 Å². The summed E-state index contributed by atoms with van der Waals surface area (Å²) in [5, 5.41) is 6.95. The number of carbonyl (C=O) groups is 1. The van der Waals surface area contributed by atoms with E-state index in [4.69, 9.17) is 0 Å². The van der Waals surface area contributed by atoms with Crippen LogP contribution in [0.25, 0.3) is 11.5 Å². The Morgan fingerprint density at radius 3 is 2.63 bits per heavy atom. The lowest BCUT2D eigenvalue weighted by atomic mass is 10.1. The molecule has 1 aliphatic heterocycles. The number of hydrogen-bond donors (Lipinski definition) is 1. The molecule has 2 aromatic heterocycles. The average Bonchev–Trinajstić information content (AvgIpc) is 3.25. The van der Waals surface area contributed by atoms with Gasteiger partial charge in [-0.1, -0.05) is 30.3 Å². The van der Waals surface area contributed by atoms with E-state index in [2.05, 4.69) is 67.2 Å². The van der Waals surface area contributed by atoms with E-state index >= 15 is 0 Å². The number of carbonyl (C=O) groups excluding carboxylic acids is 1. The van der Waals surface area contributed by atoms with E-state index in [9.17, 15) is 4.79 Å². The van der Waals surface area contributed by atoms with E-state index in [0.717, 1.165) is 32.7 Å². The van der Waals surface area contributed by atoms with Crippen molar-refractivity contribution >= 4 is 18.2 Å². The minimum atomic E-state index is 0. The zero-order valence-electron chi connectivity index (χ0n) is 17.1. The number of aromatic nitrogens is 4. The third-order valence-electron chi connectivity index (χ3n) is 5.45. The molecule has 0 aliphatic carbocycles. The lowest BCUT2D eigenvalue weighted by Crippen LogP contribution is -2.51. The molecule has 3 aromatic rings. The molecule has 0 amide bonds. The van der Waals surface area contributed by atoms with E-state index in [1.807, 2.05) is 0 Å². The van der Waals surface area contributed by atoms with Gasteiger partial charge in [0, 0.05) is 63.8 Å². The molecule has 3 heterocycles. The van der Waals surface area contributed by atoms with Crippen molar-refractivity contribution in [2.45, 2.75) is 25.9 Å². The standard InChI is InChI=1S/C22H26N6O.ClH/c1-17-15-27(12-13-28(17)16-18-6-3-2-4-7-18)11-8-20(29)19-14-25-26-21(19)22-23-9-5-10-24-22;/h2-7,9-10,14,17H,8,11-13,15-16H2,1H3,(H,25,26);1H. The molecule has 30 heavy (non-hydrogen) atoms. The fourth-order valence-electron chi connectivity index (χ4n) is 3.82. The normalized spacial score (nSPS) is 17.4. The Bertz CT molecular complexity index is 933. The van der Waals surface area contributed by atoms with Crippen LogP contribution in [0.3, 0.4) is 0 Å². The van der Waals surface area contributed by atoms with Gasteiger partial charge in [0.25, 0.3) is 0 Å². The van der Waals surface area contributed by atoms with Crippen LogP contribution in [0.1, 0.15) is 29.3 Å². The first-order valence-corrected chi connectivity index (χ1v) is 10.1. The van der Waals surface area contributed by atoms with Crippen molar-refractivity contribution in [3.63, 3.8) is 0 Å². The van der Waals surface area contributed by atoms with Crippen molar-refractivity contribution in [2.24, 2.45) is 0 Å². The van der Waals surface area contributed by atoms with Gasteiger partial charge in [-0.3, -0.25) is 14.8 Å². The van der Waals surface area contributed by atoms with Crippen molar-refractivity contribution in [3.8, 4) is 11.5 Å². The largest absolute Gasteiger partial charge is 0.300 e. The van der Waals surface area contributed by atoms with E-state index in [1.165, 1.54) is 5.56 Å². The smallest absolute Gasteiger partial charge is 0.180 e. The topological polar surface area (TPSA) is 78.0 Å². The molecule has 4 rings (SSSR count). The van der Waals surface area contributed by atoms with Crippen molar-refractivity contribution in [1.82, 2.24) is 30.0 Å². The van der Waals surface area contributed by atoms with Crippen LogP contribution in [0.15, 0.2) is 55.0 Å². The van der Waals surface area contributed by atoms with E-state index in [-0.39, 0.29) is 18.2 Å². The molecule has 0 saturated carbocycles. The highest BCUT2D eigenvalue weighted by Crippen LogP contribution is 2.19. The Morgan fingerprint density at radius 1 is 1.13 bits per heavy atom. The number of nitrogens with one attached hydrogen (secondary N) is 1. The summed E-state index contributed by atoms with van der Waals surface area (Å²) in [6.07, 6.45) is 5.42. The molecule has 1 aliphatic rings. The van der Waals surface area contributed by atoms with Gasteiger partial charge in [-0.2, -0.15) is 5.10 Å². The number of halogens is 1. The number of piperazine rings is 1. The molecular formula is C22H27ClN6O. The number of ketones is 1. The van der Waals surface area contributed by atoms with Crippen molar-refractivity contribution < 1.29 is 4.79 Å². The second-order valence-corrected chi connectivity index (χ2v) is 7.50. The van der Waals surface area contributed by atoms with Crippen LogP contribution < -0.4 is 0 Å². The van der Waals surface area contributed by atoms with E-state index in [1.54, 1.807) is 24.7 Å². The number of benzene rings is 1. The molecule has 1 aromatic carbocycles. The number of aromatic amines is 1. The van der Waals surface area contributed by atoms with Gasteiger partial charge in [-0.25, -0.2) is 9.97 Å². The molecule has 1 atom stereocenters. The third-order valence-corrected chi connectivity index (χ3v) is 5.45. The zero-order valence-corrected chi connectivity index (χ0v) is 17.9. The molecule has 1 unspecified atom stereocenters. The fourth-order valence-corrected chi connectivity index (χ4v) is 3.82. The van der Waals surface area contributed by atoms with Crippen LogP contribution in [-0.2, 0) is 6.54 Å². The van der Waals surface area contributed by atoms with Gasteiger partial charge in [0.15, 0.2) is 11.6 Å². The van der Waals surface area contributed by atoms with Gasteiger partial charge in [0.1, 0.15) is 5.69 Å². The van der Waals surface area contributed by atoms with Crippen LogP contribution >= 0.6 is 12.4 Å². The molecule has 0 bridgehead atoms. The van der Waals surface area contributed by atoms with Crippen molar-refractivity contribution in [2.75, 3.05) is 26.2 Å². The van der Waals surface area contributed by atoms with Gasteiger partial charge in [0.2, 0.25) is 0 Å². The SMILES string of the molecule is CC1CN(CCC(=O)c2c[nH]nc2-c2ncccn2)CCN1Cc1ccccc1.Cl. The second-order valence-electron chi connectivity index (χ2n) is 7.50. The Labute approximate surface area is 182 Å². The Kier molecular flexibility index (Phi) is 7.68. The van der Waals surface area contributed by atoms with Crippen LogP contribution in [0.5, 0.6) is 0 Å². The monoisotopic (exact) mass is 426 g/mol. The number of hydrogen-bond acceptors (Lipinski definition) is 6. The summed E-state index contributed by atoms with van der Waals surface area (Å²) >= 11 is 0. The summed E-state index contributed by atoms with van der Waals surface area (Å²) in [7, 11) is 0. The molecule has 0 radical (unpaired) electrons. The zero-order chi connectivity index (χ0) is 20.1. The molecule has 8 heteroatoms. The first kappa shape index (κ1) is 22.1. The first-order valence-electron chi connectivity index (χ1n) is 10.1. The van der Waals surface area contributed by atoms with Crippen molar-refractivity contribution in [1.29, 1.82) is 0 Å². The van der Waals surface area contributed by atoms with Gasteiger partial charge >= 0.3 is 0 Å². The molecule has 0 spiro atoms. The highest BCUT2D eigenvalue weighted by molar-refractivity contribution is 6.00. The predicted molar refractivity (Wildman–Crippen MR) is 119 cm³/mol. The minimum absolute atomic E-state index is 0. The number of H-pyrrole nitrogens is 1. The highest BCUT2D eigenvalue weighted by Gasteiger charge is 2.25. The van der Waals surface area contributed by atoms with Crippen LogP contribution in [0.4, 0.5) is 0 Å². The molecule has 1 N–H and O–H groups in total. The van der Waals surface area contributed by atoms with Crippen LogP contribution in [0.2, 0.25) is 0 Å². The summed E-state index contributed by atoms with van der Waals surface area (Å²) < 4.78 is 0. The molecular weight excluding hydrogens is 400 g/mol. The Hall–Kier alpha value is -2.61. The number of rotatable bonds is 7. The summed E-state index contributed by atoms with van der Waals surface area (Å²) in [6, 6.07) is 12.8. The maximum atomic E-state index is 12.8. The molecule has 158 valence electrons. The molecule has 7 nitrogen and oxygen atoms in total. The van der Waals surface area contributed by atoms with Gasteiger partial charge < -0.3 is 4.90 Å². The maximum absolute atomic E-state index is 12.8. The lowest BCUT2D eigenvalue weighted by molar-refractivity contribution is 0.0726. The Morgan fingerprint density at radius 2 is 1.90 bits per heavy atom. The highest BCUT2D eigenvalue weighted by atomic mass is 35.5. The summed E-state index contributed by atoms with van der Waals surface area (Å²) in [6.45, 7) is 6.95. The predicted octanol–water partition coefficient (Wildman–Crippen LogP) is 3.07. The summed E-state index contributed by atoms with van der Waals surface area (Å²) in [5.74, 6) is 0.542. The quantitative estimate of drug-likeness (QED) is 0.585. The van der Waals surface area contributed by atoms with E-state index in [0.29, 0.717) is 29.5 Å². The first-order chi connectivity index (χ1) is 14.2. The van der Waals surface area contributed by atoms with Gasteiger partial charge in [-0.05, 0) is 18.6 Å². The minimum Gasteiger partial charge on any atom is -0.300 e. The van der Waals surface area contributed by atoms with Crippen molar-refractivity contribution in [3.05, 3.63) is 66.1 Å². The fraction of sp³-hybridized carbons (Fsp3) is 0.364. The van der Waals surface area contributed by atoms with Crippen LogP contribution in [-0.4, -0.2) is 68.0 Å². The lowest BCUT2D eigenvalue weighted by Gasteiger charge is -2.39. The van der Waals surface area contributed by atoms with Crippen LogP contribution in [0, 0.1) is 0 Å². The average molecular weight is 427 g/mol. The van der Waals surface area contributed by atoms with Gasteiger partial charge in [-0.15, -0.1) is 12.4 Å². The number of nitrogens with zero attached hydrogens (tertiary/aromatic N) is 5. The molecule has 1 fully saturated rings. The molecule has 1 saturated heterocycles. The maximum Gasteiger partial charge on any atom is 0.180 e. The Balaban J connectivity index is 0.00000256. The summed E-state index contributed by atoms with van der Waals surface area (Å²) in [4.78, 5) is 26.1. The van der Waals surface area contributed by atoms with Gasteiger partial charge in [0.05, 0.1) is 5.56 Å². The second kappa shape index (κ2) is 10.4.